The van der Waals surface area contributed by atoms with Crippen LogP contribution in [0.2, 0.25) is 0 Å². The lowest BCUT2D eigenvalue weighted by molar-refractivity contribution is -0.137. The summed E-state index contributed by atoms with van der Waals surface area (Å²) >= 11 is 0. The molecule has 1 aromatic carbocycles. The Bertz CT molecular complexity index is 786. The predicted molar refractivity (Wildman–Crippen MR) is 75.0 cm³/mol. The summed E-state index contributed by atoms with van der Waals surface area (Å²) in [4.78, 5) is 0. The summed E-state index contributed by atoms with van der Waals surface area (Å²) in [5, 5.41) is 8.42. The van der Waals surface area contributed by atoms with Crippen LogP contribution in [0, 0.1) is 0 Å². The molecule has 0 spiro atoms. The van der Waals surface area contributed by atoms with Gasteiger partial charge in [0.1, 0.15) is 0 Å². The van der Waals surface area contributed by atoms with E-state index < -0.39 is 11.7 Å². The third-order valence-electron chi connectivity index (χ3n) is 3.25. The van der Waals surface area contributed by atoms with Gasteiger partial charge in [0.25, 0.3) is 0 Å². The first-order chi connectivity index (χ1) is 10.4. The minimum absolute atomic E-state index is 0.472. The molecule has 0 aliphatic carbocycles. The van der Waals surface area contributed by atoms with Crippen LogP contribution in [0.1, 0.15) is 11.3 Å². The second kappa shape index (κ2) is 5.32. The number of aromatic nitrogens is 4. The maximum Gasteiger partial charge on any atom is 0.416 e. The highest BCUT2D eigenvalue weighted by molar-refractivity contribution is 5.62. The second-order valence-electron chi connectivity index (χ2n) is 4.99. The largest absolute Gasteiger partial charge is 0.416 e. The zero-order valence-corrected chi connectivity index (χ0v) is 11.7. The first-order valence-corrected chi connectivity index (χ1v) is 6.60. The van der Waals surface area contributed by atoms with E-state index in [2.05, 4.69) is 10.2 Å². The van der Waals surface area contributed by atoms with Crippen molar-refractivity contribution >= 4 is 0 Å². The van der Waals surface area contributed by atoms with Crippen LogP contribution in [0.4, 0.5) is 13.2 Å². The lowest BCUT2D eigenvalue weighted by Crippen LogP contribution is -2.04. The molecule has 4 nitrogen and oxygen atoms in total. The molecule has 0 fully saturated rings. The molecule has 2 heterocycles. The third kappa shape index (κ3) is 3.03. The average Bonchev–Trinajstić information content (AvgIpc) is 3.08. The van der Waals surface area contributed by atoms with E-state index in [1.807, 2.05) is 19.3 Å². The van der Waals surface area contributed by atoms with Gasteiger partial charge in [0.15, 0.2) is 0 Å². The molecular formula is C15H13F3N4. The van der Waals surface area contributed by atoms with Crippen LogP contribution in [0.15, 0.2) is 48.9 Å². The van der Waals surface area contributed by atoms with Crippen LogP contribution >= 0.6 is 0 Å². The molecule has 22 heavy (non-hydrogen) atoms. The maximum atomic E-state index is 12.7. The summed E-state index contributed by atoms with van der Waals surface area (Å²) in [7, 11) is 1.82. The number of aryl methyl sites for hydroxylation is 1. The van der Waals surface area contributed by atoms with E-state index in [0.717, 1.165) is 17.8 Å². The topological polar surface area (TPSA) is 35.6 Å². The monoisotopic (exact) mass is 306 g/mol. The molecule has 0 N–H and O–H groups in total. The van der Waals surface area contributed by atoms with Gasteiger partial charge in [0, 0.05) is 25.0 Å². The number of rotatable bonds is 3. The summed E-state index contributed by atoms with van der Waals surface area (Å²) in [6, 6.07) is 7.08. The summed E-state index contributed by atoms with van der Waals surface area (Å²) in [6.07, 6.45) is 0.745. The molecule has 0 aliphatic rings. The molecule has 0 radical (unpaired) electrons. The van der Waals surface area contributed by atoms with Gasteiger partial charge in [-0.25, -0.2) is 0 Å². The van der Waals surface area contributed by atoms with E-state index in [1.54, 1.807) is 27.8 Å². The summed E-state index contributed by atoms with van der Waals surface area (Å²) < 4.78 is 41.6. The van der Waals surface area contributed by atoms with Crippen LogP contribution < -0.4 is 0 Å². The van der Waals surface area contributed by atoms with E-state index in [4.69, 9.17) is 0 Å². The van der Waals surface area contributed by atoms with Crippen LogP contribution in [0.3, 0.4) is 0 Å². The number of alkyl halides is 3. The molecule has 0 atom stereocenters. The van der Waals surface area contributed by atoms with E-state index in [1.165, 1.54) is 6.07 Å². The fourth-order valence-corrected chi connectivity index (χ4v) is 2.19. The highest BCUT2D eigenvalue weighted by Gasteiger charge is 2.30. The normalized spacial score (nSPS) is 11.8. The first kappa shape index (κ1) is 14.4. The molecule has 0 unspecified atom stereocenters. The van der Waals surface area contributed by atoms with Crippen molar-refractivity contribution in [3.05, 3.63) is 60.2 Å². The Morgan fingerprint density at radius 1 is 1.14 bits per heavy atom. The van der Waals surface area contributed by atoms with Crippen molar-refractivity contribution in [1.82, 2.24) is 19.6 Å². The fraction of sp³-hybridized carbons (Fsp3) is 0.200. The summed E-state index contributed by atoms with van der Waals surface area (Å²) in [5.41, 5.74) is 1.30. The zero-order chi connectivity index (χ0) is 15.7. The quantitative estimate of drug-likeness (QED) is 0.744. The number of halogens is 3. The van der Waals surface area contributed by atoms with Crippen molar-refractivity contribution in [2.24, 2.45) is 7.05 Å². The van der Waals surface area contributed by atoms with Crippen LogP contribution in [0.5, 0.6) is 0 Å². The van der Waals surface area contributed by atoms with Crippen molar-refractivity contribution in [2.75, 3.05) is 0 Å². The standard InChI is InChI=1S/C15H13F3N4/c1-21-6-5-14(20-21)10-22-9-12(8-19-22)11-3-2-4-13(7-11)15(16,17)18/h2-9H,10H2,1H3. The minimum atomic E-state index is -4.35. The number of nitrogens with zero attached hydrogens (tertiary/aromatic N) is 4. The first-order valence-electron chi connectivity index (χ1n) is 6.60. The van der Waals surface area contributed by atoms with E-state index >= 15 is 0 Å². The molecule has 3 rings (SSSR count). The predicted octanol–water partition coefficient (Wildman–Crippen LogP) is 3.35. The van der Waals surface area contributed by atoms with Gasteiger partial charge in [-0.15, -0.1) is 0 Å². The fourth-order valence-electron chi connectivity index (χ4n) is 2.19. The highest BCUT2D eigenvalue weighted by atomic mass is 19.4. The average molecular weight is 306 g/mol. The van der Waals surface area contributed by atoms with Gasteiger partial charge in [-0.2, -0.15) is 23.4 Å². The van der Waals surface area contributed by atoms with Crippen molar-refractivity contribution in [2.45, 2.75) is 12.7 Å². The third-order valence-corrected chi connectivity index (χ3v) is 3.25. The Morgan fingerprint density at radius 3 is 2.64 bits per heavy atom. The smallest absolute Gasteiger partial charge is 0.275 e. The van der Waals surface area contributed by atoms with Gasteiger partial charge in [-0.1, -0.05) is 12.1 Å². The molecule has 0 amide bonds. The van der Waals surface area contributed by atoms with E-state index in [9.17, 15) is 13.2 Å². The Kier molecular flexibility index (Phi) is 3.48. The second-order valence-corrected chi connectivity index (χ2v) is 4.99. The molecule has 0 saturated heterocycles. The maximum absolute atomic E-state index is 12.7. The zero-order valence-electron chi connectivity index (χ0n) is 11.7. The van der Waals surface area contributed by atoms with Gasteiger partial charge < -0.3 is 0 Å². The number of hydrogen-bond donors (Lipinski definition) is 0. The summed E-state index contributed by atoms with van der Waals surface area (Å²) in [6.45, 7) is 0.472. The van der Waals surface area contributed by atoms with Crippen molar-refractivity contribution in [3.63, 3.8) is 0 Å². The van der Waals surface area contributed by atoms with E-state index in [-0.39, 0.29) is 0 Å². The molecule has 114 valence electrons. The van der Waals surface area contributed by atoms with Crippen LogP contribution in [0.25, 0.3) is 11.1 Å². The molecule has 7 heteroatoms. The molecule has 0 aliphatic heterocycles. The Morgan fingerprint density at radius 2 is 1.95 bits per heavy atom. The molecule has 0 bridgehead atoms. The lowest BCUT2D eigenvalue weighted by Gasteiger charge is -2.07. The molecule has 2 aromatic heterocycles. The van der Waals surface area contributed by atoms with Crippen molar-refractivity contribution < 1.29 is 13.2 Å². The SMILES string of the molecule is Cn1ccc(Cn2cc(-c3cccc(C(F)(F)F)c3)cn2)n1. The number of benzene rings is 1. The van der Waals surface area contributed by atoms with Gasteiger partial charge in [-0.3, -0.25) is 9.36 Å². The Labute approximate surface area is 124 Å². The van der Waals surface area contributed by atoms with Crippen LogP contribution in [-0.2, 0) is 19.8 Å². The number of hydrogen-bond acceptors (Lipinski definition) is 2. The molecule has 3 aromatic rings. The Balaban J connectivity index is 1.84. The lowest BCUT2D eigenvalue weighted by atomic mass is 10.1. The van der Waals surface area contributed by atoms with Gasteiger partial charge in [0.05, 0.1) is 24.0 Å². The summed E-state index contributed by atoms with van der Waals surface area (Å²) in [5.74, 6) is 0. The molecule has 0 saturated carbocycles. The molecular weight excluding hydrogens is 293 g/mol. The van der Waals surface area contributed by atoms with Gasteiger partial charge in [0.2, 0.25) is 0 Å². The van der Waals surface area contributed by atoms with E-state index in [0.29, 0.717) is 17.7 Å². The van der Waals surface area contributed by atoms with Crippen molar-refractivity contribution in [3.8, 4) is 11.1 Å². The van der Waals surface area contributed by atoms with Gasteiger partial charge >= 0.3 is 6.18 Å². The Hall–Kier alpha value is -2.57. The highest BCUT2D eigenvalue weighted by Crippen LogP contribution is 2.32. The minimum Gasteiger partial charge on any atom is -0.275 e. The van der Waals surface area contributed by atoms with Crippen LogP contribution in [-0.4, -0.2) is 19.6 Å². The van der Waals surface area contributed by atoms with Crippen molar-refractivity contribution in [1.29, 1.82) is 0 Å². The van der Waals surface area contributed by atoms with Gasteiger partial charge in [-0.05, 0) is 23.8 Å².